The van der Waals surface area contributed by atoms with Gasteiger partial charge in [0.05, 0.1) is 7.11 Å². The smallest absolute Gasteiger partial charge is 0.354 e. The summed E-state index contributed by atoms with van der Waals surface area (Å²) in [6, 6.07) is 7.30. The molecule has 1 amide bonds. The quantitative estimate of drug-likeness (QED) is 0.817. The Morgan fingerprint density at radius 1 is 1.22 bits per heavy atom. The lowest BCUT2D eigenvalue weighted by molar-refractivity contribution is 0.0570. The Morgan fingerprint density at radius 3 is 2.57 bits per heavy atom. The first kappa shape index (κ1) is 15.4. The van der Waals surface area contributed by atoms with Gasteiger partial charge in [-0.05, 0) is 44.0 Å². The fourth-order valence-corrected chi connectivity index (χ4v) is 3.04. The number of ether oxygens (including phenoxy) is 1. The molecule has 1 aliphatic rings. The predicted octanol–water partition coefficient (Wildman–Crippen LogP) is 2.65. The molecule has 0 radical (unpaired) electrons. The average Bonchev–Trinajstić information content (AvgIpc) is 3.22. The molecule has 1 saturated heterocycles. The van der Waals surface area contributed by atoms with Crippen LogP contribution in [0.2, 0.25) is 0 Å². The zero-order valence-corrected chi connectivity index (χ0v) is 13.3. The Labute approximate surface area is 134 Å². The molecule has 0 saturated carbocycles. The van der Waals surface area contributed by atoms with E-state index in [2.05, 4.69) is 0 Å². The summed E-state index contributed by atoms with van der Waals surface area (Å²) < 4.78 is 12.2. The predicted molar refractivity (Wildman–Crippen MR) is 83.4 cm³/mol. The number of hydrogen-bond donors (Lipinski definition) is 0. The standard InChI is InChI=1S/C17H20N2O4/c1-12-5-6-15(23-12)16(20)18-10-7-13(8-11-18)19-9-3-4-14(19)17(21)22-2/h3-6,9,13H,7-8,10-11H2,1-2H3. The number of piperidine rings is 1. The summed E-state index contributed by atoms with van der Waals surface area (Å²) in [4.78, 5) is 26.0. The van der Waals surface area contributed by atoms with E-state index in [0.29, 0.717) is 24.5 Å². The van der Waals surface area contributed by atoms with Crippen molar-refractivity contribution in [1.29, 1.82) is 0 Å². The molecule has 0 N–H and O–H groups in total. The van der Waals surface area contributed by atoms with Crippen LogP contribution >= 0.6 is 0 Å². The molecule has 0 aromatic carbocycles. The molecule has 1 fully saturated rings. The van der Waals surface area contributed by atoms with Gasteiger partial charge in [-0.1, -0.05) is 0 Å². The van der Waals surface area contributed by atoms with Gasteiger partial charge in [-0.3, -0.25) is 4.79 Å². The SMILES string of the molecule is COC(=O)c1cccn1C1CCN(C(=O)c2ccc(C)o2)CC1. The number of rotatable bonds is 3. The number of aromatic nitrogens is 1. The molecule has 6 nitrogen and oxygen atoms in total. The van der Waals surface area contributed by atoms with Gasteiger partial charge >= 0.3 is 5.97 Å². The maximum absolute atomic E-state index is 12.4. The van der Waals surface area contributed by atoms with Crippen molar-refractivity contribution in [2.45, 2.75) is 25.8 Å². The van der Waals surface area contributed by atoms with E-state index in [1.165, 1.54) is 7.11 Å². The van der Waals surface area contributed by atoms with Gasteiger partial charge < -0.3 is 18.6 Å². The van der Waals surface area contributed by atoms with Gasteiger partial charge in [-0.15, -0.1) is 0 Å². The molecule has 0 unspecified atom stereocenters. The Morgan fingerprint density at radius 2 is 1.96 bits per heavy atom. The zero-order chi connectivity index (χ0) is 16.4. The van der Waals surface area contributed by atoms with Crippen molar-refractivity contribution < 1.29 is 18.7 Å². The number of aryl methyl sites for hydroxylation is 1. The molecule has 1 aliphatic heterocycles. The van der Waals surface area contributed by atoms with Crippen LogP contribution in [0.4, 0.5) is 0 Å². The van der Waals surface area contributed by atoms with Crippen molar-refractivity contribution >= 4 is 11.9 Å². The topological polar surface area (TPSA) is 64.7 Å². The lowest BCUT2D eigenvalue weighted by Gasteiger charge is -2.32. The average molecular weight is 316 g/mol. The Bertz CT molecular complexity index is 708. The Kier molecular flexibility index (Phi) is 4.23. The van der Waals surface area contributed by atoms with Crippen molar-refractivity contribution in [2.75, 3.05) is 20.2 Å². The second-order valence-corrected chi connectivity index (χ2v) is 5.73. The molecule has 2 aromatic heterocycles. The Hall–Kier alpha value is -2.50. The third-order valence-electron chi connectivity index (χ3n) is 4.27. The number of hydrogen-bond acceptors (Lipinski definition) is 4. The van der Waals surface area contributed by atoms with Crippen LogP contribution in [-0.2, 0) is 4.74 Å². The minimum atomic E-state index is -0.334. The monoisotopic (exact) mass is 316 g/mol. The van der Waals surface area contributed by atoms with E-state index in [-0.39, 0.29) is 17.9 Å². The van der Waals surface area contributed by atoms with Crippen LogP contribution in [0.15, 0.2) is 34.9 Å². The number of carbonyl (C=O) groups is 2. The number of nitrogens with zero attached hydrogens (tertiary/aromatic N) is 2. The molecule has 23 heavy (non-hydrogen) atoms. The molecule has 3 rings (SSSR count). The van der Waals surface area contributed by atoms with Crippen LogP contribution in [0.5, 0.6) is 0 Å². The largest absolute Gasteiger partial charge is 0.464 e. The number of likely N-dealkylation sites (tertiary alicyclic amines) is 1. The zero-order valence-electron chi connectivity index (χ0n) is 13.3. The lowest BCUT2D eigenvalue weighted by atomic mass is 10.0. The minimum Gasteiger partial charge on any atom is -0.464 e. The van der Waals surface area contributed by atoms with Crippen LogP contribution in [0.25, 0.3) is 0 Å². The molecule has 0 aliphatic carbocycles. The van der Waals surface area contributed by atoms with Crippen LogP contribution in [0.3, 0.4) is 0 Å². The van der Waals surface area contributed by atoms with Gasteiger partial charge in [0.15, 0.2) is 5.76 Å². The van der Waals surface area contributed by atoms with Crippen molar-refractivity contribution in [3.63, 3.8) is 0 Å². The first-order chi connectivity index (χ1) is 11.1. The summed E-state index contributed by atoms with van der Waals surface area (Å²) in [5.74, 6) is 0.715. The van der Waals surface area contributed by atoms with E-state index in [1.54, 1.807) is 23.1 Å². The molecule has 0 bridgehead atoms. The van der Waals surface area contributed by atoms with Gasteiger partial charge in [-0.25, -0.2) is 4.79 Å². The third-order valence-corrected chi connectivity index (χ3v) is 4.27. The number of methoxy groups -OCH3 is 1. The van der Waals surface area contributed by atoms with Gasteiger partial charge in [0.25, 0.3) is 5.91 Å². The van der Waals surface area contributed by atoms with Crippen molar-refractivity contribution in [3.8, 4) is 0 Å². The summed E-state index contributed by atoms with van der Waals surface area (Å²) in [6.07, 6.45) is 3.48. The van der Waals surface area contributed by atoms with Crippen molar-refractivity contribution in [3.05, 3.63) is 47.7 Å². The van der Waals surface area contributed by atoms with Crippen molar-refractivity contribution in [2.24, 2.45) is 0 Å². The van der Waals surface area contributed by atoms with Gasteiger partial charge in [-0.2, -0.15) is 0 Å². The first-order valence-electron chi connectivity index (χ1n) is 7.71. The second kappa shape index (κ2) is 6.32. The number of esters is 1. The van der Waals surface area contributed by atoms with Gasteiger partial charge in [0.1, 0.15) is 11.5 Å². The normalized spacial score (nSPS) is 15.7. The molecule has 2 aromatic rings. The van der Waals surface area contributed by atoms with Crippen LogP contribution in [0, 0.1) is 6.92 Å². The van der Waals surface area contributed by atoms with Crippen LogP contribution in [-0.4, -0.2) is 41.5 Å². The Balaban J connectivity index is 1.66. The second-order valence-electron chi connectivity index (χ2n) is 5.73. The highest BCUT2D eigenvalue weighted by atomic mass is 16.5. The van der Waals surface area contributed by atoms with E-state index in [4.69, 9.17) is 9.15 Å². The van der Waals surface area contributed by atoms with E-state index >= 15 is 0 Å². The van der Waals surface area contributed by atoms with E-state index < -0.39 is 0 Å². The summed E-state index contributed by atoms with van der Waals surface area (Å²) >= 11 is 0. The molecule has 0 atom stereocenters. The first-order valence-corrected chi connectivity index (χ1v) is 7.71. The fourth-order valence-electron chi connectivity index (χ4n) is 3.04. The minimum absolute atomic E-state index is 0.0720. The summed E-state index contributed by atoms with van der Waals surface area (Å²) in [7, 11) is 1.38. The number of amides is 1. The summed E-state index contributed by atoms with van der Waals surface area (Å²) in [5.41, 5.74) is 0.555. The molecular weight excluding hydrogens is 296 g/mol. The molecule has 3 heterocycles. The van der Waals surface area contributed by atoms with E-state index in [9.17, 15) is 9.59 Å². The number of carbonyl (C=O) groups excluding carboxylic acids is 2. The third kappa shape index (κ3) is 3.02. The summed E-state index contributed by atoms with van der Waals surface area (Å²) in [5, 5.41) is 0. The lowest BCUT2D eigenvalue weighted by Crippen LogP contribution is -2.39. The fraction of sp³-hybridized carbons (Fsp3) is 0.412. The van der Waals surface area contributed by atoms with Crippen LogP contribution in [0.1, 0.15) is 45.7 Å². The van der Waals surface area contributed by atoms with Crippen LogP contribution < -0.4 is 0 Å². The maximum atomic E-state index is 12.4. The number of furan rings is 1. The highest BCUT2D eigenvalue weighted by molar-refractivity contribution is 5.91. The maximum Gasteiger partial charge on any atom is 0.354 e. The van der Waals surface area contributed by atoms with Crippen molar-refractivity contribution in [1.82, 2.24) is 9.47 Å². The van der Waals surface area contributed by atoms with E-state index in [0.717, 1.165) is 18.6 Å². The highest BCUT2D eigenvalue weighted by Gasteiger charge is 2.27. The molecule has 0 spiro atoms. The van der Waals surface area contributed by atoms with Gasteiger partial charge in [0, 0.05) is 25.3 Å². The molecular formula is C17H20N2O4. The molecule has 6 heteroatoms. The highest BCUT2D eigenvalue weighted by Crippen LogP contribution is 2.26. The van der Waals surface area contributed by atoms with E-state index in [1.807, 2.05) is 23.8 Å². The summed E-state index contributed by atoms with van der Waals surface area (Å²) in [6.45, 7) is 3.10. The van der Waals surface area contributed by atoms with Gasteiger partial charge in [0.2, 0.25) is 0 Å². The molecule has 122 valence electrons.